The number of aliphatic carboxylic acids is 1. The van der Waals surface area contributed by atoms with Crippen molar-refractivity contribution in [3.05, 3.63) is 78.4 Å². The minimum Gasteiger partial charge on any atom is -0.492 e. The van der Waals surface area contributed by atoms with Gasteiger partial charge in [-0.25, -0.2) is 14.4 Å². The van der Waals surface area contributed by atoms with E-state index in [0.29, 0.717) is 37.8 Å². The highest BCUT2D eigenvalue weighted by Gasteiger charge is 2.21. The molecule has 0 radical (unpaired) electrons. The minimum atomic E-state index is -0.909. The molecule has 0 fully saturated rings. The first kappa shape index (κ1) is 28.2. The van der Waals surface area contributed by atoms with E-state index < -0.39 is 12.0 Å². The van der Waals surface area contributed by atoms with Crippen molar-refractivity contribution in [2.24, 2.45) is 0 Å². The molecule has 1 unspecified atom stereocenters. The second-order valence-corrected chi connectivity index (χ2v) is 10.3. The van der Waals surface area contributed by atoms with Gasteiger partial charge in [0, 0.05) is 31.4 Å². The molecule has 5 rings (SSSR count). The number of allylic oxidation sites excluding steroid dienone is 1. The van der Waals surface area contributed by atoms with E-state index in [2.05, 4.69) is 37.6 Å². The lowest BCUT2D eigenvalue weighted by Gasteiger charge is -2.24. The van der Waals surface area contributed by atoms with Crippen molar-refractivity contribution in [3.8, 4) is 5.75 Å². The second kappa shape index (κ2) is 14.4. The third kappa shape index (κ3) is 8.34. The minimum absolute atomic E-state index is 0.424. The number of nitrogens with one attached hydrogen (secondary N) is 2. The Balaban J connectivity index is 1.14. The van der Waals surface area contributed by atoms with Crippen molar-refractivity contribution in [1.29, 1.82) is 0 Å². The molecule has 0 saturated heterocycles. The van der Waals surface area contributed by atoms with Crippen LogP contribution in [0.3, 0.4) is 0 Å². The molecule has 10 heteroatoms. The number of benzene rings is 1. The normalized spacial score (nSPS) is 14.4. The van der Waals surface area contributed by atoms with Gasteiger partial charge in [-0.15, -0.1) is 0 Å². The number of pyridine rings is 1. The van der Waals surface area contributed by atoms with Crippen molar-refractivity contribution in [2.45, 2.75) is 44.6 Å². The maximum absolute atomic E-state index is 12.1. The van der Waals surface area contributed by atoms with Gasteiger partial charge in [-0.3, -0.25) is 4.90 Å². The lowest BCUT2D eigenvalue weighted by Crippen LogP contribution is -2.37. The van der Waals surface area contributed by atoms with Gasteiger partial charge in [-0.05, 0) is 73.8 Å². The fraction of sp³-hybridized carbons (Fsp3) is 0.387. The van der Waals surface area contributed by atoms with Crippen LogP contribution in [-0.2, 0) is 17.6 Å². The van der Waals surface area contributed by atoms with Crippen LogP contribution in [0, 0.1) is 0 Å². The van der Waals surface area contributed by atoms with Crippen LogP contribution in [0.5, 0.6) is 5.75 Å². The fourth-order valence-corrected chi connectivity index (χ4v) is 4.93. The zero-order chi connectivity index (χ0) is 28.3. The molecular weight excluding hydrogens is 518 g/mol. The van der Waals surface area contributed by atoms with Crippen molar-refractivity contribution in [3.63, 3.8) is 0 Å². The molecule has 0 aliphatic carbocycles. The summed E-state index contributed by atoms with van der Waals surface area (Å²) in [5.74, 6) is 2.14. The van der Waals surface area contributed by atoms with E-state index in [1.54, 1.807) is 6.07 Å². The van der Waals surface area contributed by atoms with Gasteiger partial charge in [0.25, 0.3) is 0 Å². The molecule has 2 aromatic heterocycles. The van der Waals surface area contributed by atoms with Gasteiger partial charge in [0.1, 0.15) is 30.0 Å². The summed E-state index contributed by atoms with van der Waals surface area (Å²) >= 11 is 0. The topological polar surface area (TPSA) is 116 Å². The van der Waals surface area contributed by atoms with E-state index in [-0.39, 0.29) is 0 Å². The Bertz CT molecular complexity index is 1360. The van der Waals surface area contributed by atoms with Gasteiger partial charge >= 0.3 is 11.8 Å². The molecule has 0 spiro atoms. The number of nitrogens with zero attached hydrogens (tertiary/aromatic N) is 5. The van der Waals surface area contributed by atoms with E-state index in [9.17, 15) is 9.90 Å². The summed E-state index contributed by atoms with van der Waals surface area (Å²) in [6.07, 6.45) is 12.7. The first-order chi connectivity index (χ1) is 20.1. The third-order valence-electron chi connectivity index (χ3n) is 7.29. The van der Waals surface area contributed by atoms with Crippen LogP contribution in [0.1, 0.15) is 36.9 Å². The van der Waals surface area contributed by atoms with E-state index >= 15 is 0 Å². The average molecular weight is 557 g/mol. The zero-order valence-electron chi connectivity index (χ0n) is 23.3. The van der Waals surface area contributed by atoms with E-state index in [4.69, 9.17) is 9.72 Å². The molecule has 4 heterocycles. The molecule has 41 heavy (non-hydrogen) atoms. The Kier molecular flexibility index (Phi) is 9.89. The average Bonchev–Trinajstić information content (AvgIpc) is 2.96. The molecule has 1 atom stereocenters. The SMILES string of the molecule is O=C(O)C(CCN(CCCCc1ccc2c(n1)NCCC2)CCOc1ccccc1)Nc1cc([N+]2=CC=C2)ncn1. The van der Waals surface area contributed by atoms with Gasteiger partial charge in [-0.2, -0.15) is 4.98 Å². The number of carboxylic acid groups (broad SMARTS) is 1. The Labute approximate surface area is 240 Å². The van der Waals surface area contributed by atoms with Gasteiger partial charge in [0.15, 0.2) is 0 Å². The molecule has 3 aromatic rings. The Morgan fingerprint density at radius 1 is 1.12 bits per heavy atom. The van der Waals surface area contributed by atoms with Crippen LogP contribution >= 0.6 is 0 Å². The van der Waals surface area contributed by atoms with Crippen molar-refractivity contribution < 1.29 is 19.2 Å². The predicted octanol–water partition coefficient (Wildman–Crippen LogP) is 4.13. The number of carbonyl (C=O) groups is 1. The van der Waals surface area contributed by atoms with Crippen molar-refractivity contribution in [1.82, 2.24) is 19.9 Å². The van der Waals surface area contributed by atoms with Crippen LogP contribution in [0.15, 0.2) is 67.1 Å². The van der Waals surface area contributed by atoms with Crippen LogP contribution in [-0.4, -0.2) is 80.5 Å². The number of fused-ring (bicyclic) bond motifs is 1. The van der Waals surface area contributed by atoms with Gasteiger partial charge in [-0.1, -0.05) is 24.3 Å². The van der Waals surface area contributed by atoms with Crippen LogP contribution in [0.4, 0.5) is 17.5 Å². The number of aryl methyl sites for hydroxylation is 2. The summed E-state index contributed by atoms with van der Waals surface area (Å²) in [7, 11) is 0. The predicted molar refractivity (Wildman–Crippen MR) is 159 cm³/mol. The first-order valence-electron chi connectivity index (χ1n) is 14.4. The van der Waals surface area contributed by atoms with E-state index in [1.165, 1.54) is 11.9 Å². The van der Waals surface area contributed by atoms with E-state index in [0.717, 1.165) is 62.5 Å². The number of unbranched alkanes of at least 4 members (excludes halogenated alkanes) is 1. The fourth-order valence-electron chi connectivity index (χ4n) is 4.93. The Morgan fingerprint density at radius 2 is 2.00 bits per heavy atom. The van der Waals surface area contributed by atoms with E-state index in [1.807, 2.05) is 53.4 Å². The molecule has 2 aliphatic rings. The summed E-state index contributed by atoms with van der Waals surface area (Å²) in [4.78, 5) is 27.7. The third-order valence-corrected chi connectivity index (χ3v) is 7.29. The summed E-state index contributed by atoms with van der Waals surface area (Å²) < 4.78 is 7.80. The number of rotatable bonds is 16. The maximum Gasteiger partial charge on any atom is 0.333 e. The Hall–Kier alpha value is -4.31. The molecule has 1 aromatic carbocycles. The number of hydrogen-bond donors (Lipinski definition) is 3. The lowest BCUT2D eigenvalue weighted by molar-refractivity contribution is -0.369. The largest absolute Gasteiger partial charge is 0.492 e. The number of para-hydroxylation sites is 1. The first-order valence-corrected chi connectivity index (χ1v) is 14.4. The number of hydrogen-bond acceptors (Lipinski definition) is 8. The van der Waals surface area contributed by atoms with Crippen LogP contribution < -0.4 is 15.4 Å². The quantitative estimate of drug-likeness (QED) is 0.177. The molecule has 10 nitrogen and oxygen atoms in total. The molecule has 2 aliphatic heterocycles. The number of carboxylic acids is 1. The highest BCUT2D eigenvalue weighted by molar-refractivity contribution is 5.77. The molecular formula is C31H38N7O3+. The summed E-state index contributed by atoms with van der Waals surface area (Å²) in [6, 6.07) is 15.1. The highest BCUT2D eigenvalue weighted by atomic mass is 16.5. The van der Waals surface area contributed by atoms with Crippen molar-refractivity contribution >= 4 is 29.6 Å². The molecule has 3 N–H and O–H groups in total. The van der Waals surface area contributed by atoms with Crippen LogP contribution in [0.2, 0.25) is 0 Å². The van der Waals surface area contributed by atoms with Gasteiger partial charge < -0.3 is 20.5 Å². The molecule has 0 amide bonds. The lowest BCUT2D eigenvalue weighted by atomic mass is 10.1. The standard InChI is InChI=1S/C31H37N7O3/c39-31(40)27(36-28-22-29(34-23-33-28)38-17-7-18-38)14-19-37(20-21-41-26-10-2-1-3-11-26)16-5-4-9-25-13-12-24-8-6-15-32-30(24)35-25/h1-3,7,10-13,17-18,22-23,27H,4-6,8-9,14-16,19-21H2,(H2-,32,33,34,35,36,39,40)/p+1. The van der Waals surface area contributed by atoms with Gasteiger partial charge in [0.05, 0.1) is 18.5 Å². The second-order valence-electron chi connectivity index (χ2n) is 10.3. The maximum atomic E-state index is 12.1. The zero-order valence-corrected chi connectivity index (χ0v) is 23.3. The monoisotopic (exact) mass is 556 g/mol. The summed E-state index contributed by atoms with van der Waals surface area (Å²) in [5.41, 5.74) is 2.42. The van der Waals surface area contributed by atoms with Gasteiger partial charge in [0.2, 0.25) is 6.33 Å². The molecule has 0 saturated carbocycles. The molecule has 214 valence electrons. The highest BCUT2D eigenvalue weighted by Crippen LogP contribution is 2.21. The Morgan fingerprint density at radius 3 is 2.80 bits per heavy atom. The summed E-state index contributed by atoms with van der Waals surface area (Å²) in [6.45, 7) is 3.69. The number of ether oxygens (including phenoxy) is 1. The van der Waals surface area contributed by atoms with Crippen molar-refractivity contribution in [2.75, 3.05) is 43.4 Å². The summed E-state index contributed by atoms with van der Waals surface area (Å²) in [5, 5.41) is 16.4. The number of aromatic nitrogens is 3. The smallest absolute Gasteiger partial charge is 0.333 e. The molecule has 0 bridgehead atoms. The van der Waals surface area contributed by atoms with Crippen LogP contribution in [0.25, 0.3) is 0 Å². The number of anilines is 2.